The molecular formula is C13H22N2O5S. The molecule has 0 radical (unpaired) electrons. The quantitative estimate of drug-likeness (QED) is 0.762. The molecule has 1 aliphatic rings. The van der Waals surface area contributed by atoms with Gasteiger partial charge in [0.15, 0.2) is 0 Å². The van der Waals surface area contributed by atoms with Crippen molar-refractivity contribution < 1.29 is 23.1 Å². The van der Waals surface area contributed by atoms with E-state index in [-0.39, 0.29) is 24.9 Å². The maximum absolute atomic E-state index is 12.4. The monoisotopic (exact) mass is 318 g/mol. The second kappa shape index (κ2) is 6.57. The van der Waals surface area contributed by atoms with Gasteiger partial charge in [-0.2, -0.15) is 4.31 Å². The standard InChI is InChI=1S/C13H22N2O5S/c1-5-21(19,20)15-7-6-10(8-15)12(16)14(4)11(9(2)3)13(17)18/h5,9-11H,1,6-8H2,2-4H3,(H,17,18)/t10-,11-/m0/s1. The fourth-order valence-electron chi connectivity index (χ4n) is 2.59. The van der Waals surface area contributed by atoms with E-state index in [1.807, 2.05) is 0 Å². The van der Waals surface area contributed by atoms with Crippen LogP contribution >= 0.6 is 0 Å². The van der Waals surface area contributed by atoms with Crippen LogP contribution in [-0.4, -0.2) is 60.8 Å². The van der Waals surface area contributed by atoms with Gasteiger partial charge in [0.2, 0.25) is 15.9 Å². The average Bonchev–Trinajstić information content (AvgIpc) is 2.87. The van der Waals surface area contributed by atoms with Gasteiger partial charge >= 0.3 is 5.97 Å². The number of likely N-dealkylation sites (N-methyl/N-ethyl adjacent to an activating group) is 1. The first-order valence-electron chi connectivity index (χ1n) is 6.74. The Labute approximate surface area is 125 Å². The van der Waals surface area contributed by atoms with Gasteiger partial charge in [-0.1, -0.05) is 20.4 Å². The summed E-state index contributed by atoms with van der Waals surface area (Å²) in [6.07, 6.45) is 0.390. The van der Waals surface area contributed by atoms with Crippen LogP contribution in [0.25, 0.3) is 0 Å². The van der Waals surface area contributed by atoms with Gasteiger partial charge in [0, 0.05) is 25.5 Å². The molecule has 2 atom stereocenters. The summed E-state index contributed by atoms with van der Waals surface area (Å²) in [5.74, 6) is -2.14. The number of carbonyl (C=O) groups excluding carboxylic acids is 1. The van der Waals surface area contributed by atoms with E-state index in [0.29, 0.717) is 6.42 Å². The third-order valence-corrected chi connectivity index (χ3v) is 5.19. The summed E-state index contributed by atoms with van der Waals surface area (Å²) in [6.45, 7) is 7.03. The lowest BCUT2D eigenvalue weighted by Crippen LogP contribution is -2.48. The fraction of sp³-hybridized carbons (Fsp3) is 0.692. The van der Waals surface area contributed by atoms with Crippen LogP contribution in [0.4, 0.5) is 0 Å². The largest absolute Gasteiger partial charge is 0.480 e. The van der Waals surface area contributed by atoms with E-state index in [0.717, 1.165) is 5.41 Å². The number of carbonyl (C=O) groups is 2. The van der Waals surface area contributed by atoms with Crippen LogP contribution in [-0.2, 0) is 19.6 Å². The molecule has 1 N–H and O–H groups in total. The molecule has 0 aromatic carbocycles. The van der Waals surface area contributed by atoms with Crippen molar-refractivity contribution in [1.29, 1.82) is 0 Å². The Morgan fingerprint density at radius 2 is 2.00 bits per heavy atom. The van der Waals surface area contributed by atoms with Crippen LogP contribution in [0.5, 0.6) is 0 Å². The van der Waals surface area contributed by atoms with Crippen LogP contribution in [0.1, 0.15) is 20.3 Å². The maximum atomic E-state index is 12.4. The molecule has 8 heteroatoms. The number of amides is 1. The number of nitrogens with zero attached hydrogens (tertiary/aromatic N) is 2. The molecule has 1 heterocycles. The molecule has 0 aromatic rings. The third kappa shape index (κ3) is 3.82. The van der Waals surface area contributed by atoms with E-state index in [9.17, 15) is 23.1 Å². The van der Waals surface area contributed by atoms with E-state index in [4.69, 9.17) is 0 Å². The van der Waals surface area contributed by atoms with E-state index in [1.165, 1.54) is 16.3 Å². The molecule has 0 aromatic heterocycles. The molecule has 0 spiro atoms. The van der Waals surface area contributed by atoms with Gasteiger partial charge in [-0.3, -0.25) is 4.79 Å². The molecule has 0 saturated carbocycles. The topological polar surface area (TPSA) is 95.0 Å². The van der Waals surface area contributed by atoms with Crippen LogP contribution in [0, 0.1) is 11.8 Å². The zero-order chi connectivity index (χ0) is 16.4. The first-order chi connectivity index (χ1) is 9.61. The van der Waals surface area contributed by atoms with Crippen LogP contribution in [0.3, 0.4) is 0 Å². The number of carboxylic acids is 1. The first-order valence-corrected chi connectivity index (χ1v) is 8.24. The molecule has 0 bridgehead atoms. The second-order valence-electron chi connectivity index (χ2n) is 5.53. The number of carboxylic acid groups (broad SMARTS) is 1. The Balaban J connectivity index is 2.82. The lowest BCUT2D eigenvalue weighted by molar-refractivity contribution is -0.152. The lowest BCUT2D eigenvalue weighted by atomic mass is 10.0. The fourth-order valence-corrected chi connectivity index (χ4v) is 3.55. The minimum absolute atomic E-state index is 0.0714. The van der Waals surface area contributed by atoms with Crippen molar-refractivity contribution in [1.82, 2.24) is 9.21 Å². The Morgan fingerprint density at radius 1 is 1.43 bits per heavy atom. The Hall–Kier alpha value is -1.41. The zero-order valence-electron chi connectivity index (χ0n) is 12.5. The summed E-state index contributed by atoms with van der Waals surface area (Å²) in [5.41, 5.74) is 0. The van der Waals surface area contributed by atoms with Crippen molar-refractivity contribution in [3.63, 3.8) is 0 Å². The number of sulfonamides is 1. The number of hydrogen-bond donors (Lipinski definition) is 1. The molecule has 1 aliphatic heterocycles. The highest BCUT2D eigenvalue weighted by molar-refractivity contribution is 7.92. The maximum Gasteiger partial charge on any atom is 0.326 e. The summed E-state index contributed by atoms with van der Waals surface area (Å²) in [4.78, 5) is 24.8. The molecule has 21 heavy (non-hydrogen) atoms. The smallest absolute Gasteiger partial charge is 0.326 e. The number of rotatable bonds is 6. The highest BCUT2D eigenvalue weighted by Gasteiger charge is 2.38. The minimum atomic E-state index is -3.53. The van der Waals surface area contributed by atoms with Gasteiger partial charge in [0.05, 0.1) is 5.92 Å². The van der Waals surface area contributed by atoms with Crippen molar-refractivity contribution in [2.45, 2.75) is 26.3 Å². The summed E-state index contributed by atoms with van der Waals surface area (Å²) in [5, 5.41) is 10.1. The van der Waals surface area contributed by atoms with Crippen molar-refractivity contribution in [3.05, 3.63) is 12.0 Å². The molecule has 1 amide bonds. The van der Waals surface area contributed by atoms with Crippen molar-refractivity contribution >= 4 is 21.9 Å². The second-order valence-corrected chi connectivity index (χ2v) is 7.41. The molecule has 0 aliphatic carbocycles. The predicted octanol–water partition coefficient (Wildman–Crippen LogP) is 0.349. The SMILES string of the molecule is C=CS(=O)(=O)N1CC[C@H](C(=O)N(C)[C@H](C(=O)O)C(C)C)C1. The van der Waals surface area contributed by atoms with Gasteiger partial charge in [0.1, 0.15) is 6.04 Å². The Kier molecular flexibility index (Phi) is 5.52. The van der Waals surface area contributed by atoms with Crippen molar-refractivity contribution in [2.75, 3.05) is 20.1 Å². The van der Waals surface area contributed by atoms with Gasteiger partial charge in [-0.15, -0.1) is 0 Å². The van der Waals surface area contributed by atoms with Gasteiger partial charge in [0.25, 0.3) is 0 Å². The molecule has 0 unspecified atom stereocenters. The zero-order valence-corrected chi connectivity index (χ0v) is 13.3. The Morgan fingerprint density at radius 3 is 2.43 bits per heavy atom. The van der Waals surface area contributed by atoms with Crippen LogP contribution < -0.4 is 0 Å². The lowest BCUT2D eigenvalue weighted by Gasteiger charge is -2.29. The number of hydrogen-bond acceptors (Lipinski definition) is 4. The van der Waals surface area contributed by atoms with Crippen LogP contribution in [0.15, 0.2) is 12.0 Å². The number of aliphatic carboxylic acids is 1. The van der Waals surface area contributed by atoms with Crippen molar-refractivity contribution in [2.24, 2.45) is 11.8 Å². The minimum Gasteiger partial charge on any atom is -0.480 e. The highest BCUT2D eigenvalue weighted by Crippen LogP contribution is 2.23. The molecule has 7 nitrogen and oxygen atoms in total. The van der Waals surface area contributed by atoms with Gasteiger partial charge < -0.3 is 10.0 Å². The summed E-state index contributed by atoms with van der Waals surface area (Å²) >= 11 is 0. The van der Waals surface area contributed by atoms with E-state index < -0.39 is 28.0 Å². The van der Waals surface area contributed by atoms with E-state index >= 15 is 0 Å². The molecular weight excluding hydrogens is 296 g/mol. The first kappa shape index (κ1) is 17.6. The summed E-state index contributed by atoms with van der Waals surface area (Å²) in [6, 6.07) is -0.914. The van der Waals surface area contributed by atoms with Gasteiger partial charge in [-0.05, 0) is 12.3 Å². The van der Waals surface area contributed by atoms with E-state index in [1.54, 1.807) is 13.8 Å². The van der Waals surface area contributed by atoms with Gasteiger partial charge in [-0.25, -0.2) is 13.2 Å². The highest BCUT2D eigenvalue weighted by atomic mass is 32.2. The van der Waals surface area contributed by atoms with Crippen LogP contribution in [0.2, 0.25) is 0 Å². The van der Waals surface area contributed by atoms with E-state index in [2.05, 4.69) is 6.58 Å². The predicted molar refractivity (Wildman–Crippen MR) is 77.8 cm³/mol. The molecule has 1 saturated heterocycles. The Bertz CT molecular complexity index is 529. The third-order valence-electron chi connectivity index (χ3n) is 3.72. The molecule has 1 fully saturated rings. The summed E-state index contributed by atoms with van der Waals surface area (Å²) < 4.78 is 24.6. The normalized spacial score (nSPS) is 21.2. The molecule has 1 rings (SSSR count). The van der Waals surface area contributed by atoms with Crippen molar-refractivity contribution in [3.8, 4) is 0 Å². The molecule has 120 valence electrons. The average molecular weight is 318 g/mol. The summed E-state index contributed by atoms with van der Waals surface area (Å²) in [7, 11) is -2.08.